The standard InChI is InChI=1S/C16H24F2N2/c1-2-13-6-4-3-5-9-20(13)16-14(17)10-12(7-8-19)11-15(16)18/h10-11,13H,2-9,19H2,1H3. The van der Waals surface area contributed by atoms with E-state index in [4.69, 9.17) is 5.73 Å². The molecule has 0 aromatic heterocycles. The fraction of sp³-hybridized carbons (Fsp3) is 0.625. The summed E-state index contributed by atoms with van der Waals surface area (Å²) in [7, 11) is 0. The summed E-state index contributed by atoms with van der Waals surface area (Å²) in [5, 5.41) is 0. The molecule has 1 aliphatic heterocycles. The van der Waals surface area contributed by atoms with Gasteiger partial charge in [0.2, 0.25) is 0 Å². The van der Waals surface area contributed by atoms with Crippen molar-refractivity contribution in [3.05, 3.63) is 29.3 Å². The summed E-state index contributed by atoms with van der Waals surface area (Å²) < 4.78 is 28.7. The number of rotatable bonds is 4. The van der Waals surface area contributed by atoms with Gasteiger partial charge in [-0.05, 0) is 49.9 Å². The molecule has 1 saturated heterocycles. The fourth-order valence-electron chi connectivity index (χ4n) is 3.10. The van der Waals surface area contributed by atoms with E-state index in [9.17, 15) is 8.78 Å². The second-order valence-corrected chi connectivity index (χ2v) is 5.55. The van der Waals surface area contributed by atoms with Crippen molar-refractivity contribution >= 4 is 5.69 Å². The van der Waals surface area contributed by atoms with Gasteiger partial charge in [-0.15, -0.1) is 0 Å². The second-order valence-electron chi connectivity index (χ2n) is 5.55. The minimum Gasteiger partial charge on any atom is -0.364 e. The van der Waals surface area contributed by atoms with Crippen molar-refractivity contribution in [2.75, 3.05) is 18.0 Å². The highest BCUT2D eigenvalue weighted by Gasteiger charge is 2.25. The van der Waals surface area contributed by atoms with Crippen LogP contribution in [0, 0.1) is 11.6 Å². The SMILES string of the molecule is CCC1CCCCCN1c1c(F)cc(CCN)cc1F. The Balaban J connectivity index is 2.34. The Morgan fingerprint density at radius 1 is 1.20 bits per heavy atom. The first-order valence-electron chi connectivity index (χ1n) is 7.62. The zero-order valence-electron chi connectivity index (χ0n) is 12.2. The van der Waals surface area contributed by atoms with Crippen LogP contribution in [0.2, 0.25) is 0 Å². The van der Waals surface area contributed by atoms with Crippen molar-refractivity contribution in [1.82, 2.24) is 0 Å². The lowest BCUT2D eigenvalue weighted by atomic mass is 10.1. The average Bonchev–Trinajstić information content (AvgIpc) is 2.63. The van der Waals surface area contributed by atoms with Crippen LogP contribution in [0.15, 0.2) is 12.1 Å². The molecule has 20 heavy (non-hydrogen) atoms. The minimum atomic E-state index is -0.450. The number of hydrogen-bond donors (Lipinski definition) is 1. The molecule has 1 fully saturated rings. The van der Waals surface area contributed by atoms with E-state index in [1.54, 1.807) is 0 Å². The van der Waals surface area contributed by atoms with Crippen LogP contribution < -0.4 is 10.6 Å². The van der Waals surface area contributed by atoms with Gasteiger partial charge in [-0.3, -0.25) is 0 Å². The summed E-state index contributed by atoms with van der Waals surface area (Å²) in [6.45, 7) is 3.23. The Hall–Kier alpha value is -1.16. The molecule has 0 saturated carbocycles. The first kappa shape index (κ1) is 15.2. The predicted molar refractivity (Wildman–Crippen MR) is 79.0 cm³/mol. The van der Waals surface area contributed by atoms with E-state index in [-0.39, 0.29) is 11.7 Å². The van der Waals surface area contributed by atoms with E-state index < -0.39 is 11.6 Å². The van der Waals surface area contributed by atoms with Crippen LogP contribution in [0.5, 0.6) is 0 Å². The van der Waals surface area contributed by atoms with E-state index in [1.165, 1.54) is 12.1 Å². The maximum atomic E-state index is 14.3. The molecule has 0 bridgehead atoms. The van der Waals surface area contributed by atoms with Gasteiger partial charge in [-0.1, -0.05) is 19.8 Å². The van der Waals surface area contributed by atoms with Crippen molar-refractivity contribution in [3.8, 4) is 0 Å². The van der Waals surface area contributed by atoms with Crippen LogP contribution in [0.25, 0.3) is 0 Å². The molecular weight excluding hydrogens is 258 g/mol. The van der Waals surface area contributed by atoms with Gasteiger partial charge in [0.25, 0.3) is 0 Å². The molecule has 0 aliphatic carbocycles. The van der Waals surface area contributed by atoms with E-state index in [2.05, 4.69) is 6.92 Å². The molecule has 0 radical (unpaired) electrons. The number of nitrogens with two attached hydrogens (primary N) is 1. The van der Waals surface area contributed by atoms with E-state index in [1.807, 2.05) is 4.90 Å². The summed E-state index contributed by atoms with van der Waals surface area (Å²) in [6, 6.07) is 3.10. The smallest absolute Gasteiger partial charge is 0.149 e. The second kappa shape index (κ2) is 7.02. The summed E-state index contributed by atoms with van der Waals surface area (Å²) in [4.78, 5) is 1.93. The molecule has 1 aliphatic rings. The third kappa shape index (κ3) is 3.29. The van der Waals surface area contributed by atoms with Crippen LogP contribution in [-0.4, -0.2) is 19.1 Å². The molecule has 2 N–H and O–H groups in total. The van der Waals surface area contributed by atoms with Crippen molar-refractivity contribution < 1.29 is 8.78 Å². The monoisotopic (exact) mass is 282 g/mol. The third-order valence-electron chi connectivity index (χ3n) is 4.15. The van der Waals surface area contributed by atoms with Crippen LogP contribution in [-0.2, 0) is 6.42 Å². The predicted octanol–water partition coefficient (Wildman–Crippen LogP) is 3.63. The maximum Gasteiger partial charge on any atom is 0.149 e. The Labute approximate surface area is 120 Å². The summed E-state index contributed by atoms with van der Waals surface area (Å²) in [5.41, 5.74) is 6.24. The lowest BCUT2D eigenvalue weighted by Crippen LogP contribution is -2.35. The van der Waals surface area contributed by atoms with Crippen molar-refractivity contribution in [3.63, 3.8) is 0 Å². The number of benzene rings is 1. The molecule has 2 nitrogen and oxygen atoms in total. The van der Waals surface area contributed by atoms with Crippen molar-refractivity contribution in [1.29, 1.82) is 0 Å². The normalized spacial score (nSPS) is 20.0. The van der Waals surface area contributed by atoms with Gasteiger partial charge < -0.3 is 10.6 Å². The quantitative estimate of drug-likeness (QED) is 0.914. The molecular formula is C16H24F2N2. The highest BCUT2D eigenvalue weighted by Crippen LogP contribution is 2.31. The minimum absolute atomic E-state index is 0.152. The van der Waals surface area contributed by atoms with Crippen LogP contribution in [0.1, 0.15) is 44.6 Å². The molecule has 4 heteroatoms. The van der Waals surface area contributed by atoms with Gasteiger partial charge in [-0.2, -0.15) is 0 Å². The van der Waals surface area contributed by atoms with Crippen molar-refractivity contribution in [2.45, 2.75) is 51.5 Å². The number of halogens is 2. The molecule has 1 atom stereocenters. The van der Waals surface area contributed by atoms with Crippen LogP contribution in [0.3, 0.4) is 0 Å². The molecule has 1 heterocycles. The molecule has 1 unspecified atom stereocenters. The zero-order valence-corrected chi connectivity index (χ0v) is 12.2. The van der Waals surface area contributed by atoms with Gasteiger partial charge in [0, 0.05) is 12.6 Å². The van der Waals surface area contributed by atoms with Crippen molar-refractivity contribution in [2.24, 2.45) is 5.73 Å². The van der Waals surface area contributed by atoms with E-state index >= 15 is 0 Å². The lowest BCUT2D eigenvalue weighted by molar-refractivity contribution is 0.516. The van der Waals surface area contributed by atoms with E-state index in [0.717, 1.165) is 38.6 Å². The topological polar surface area (TPSA) is 29.3 Å². The summed E-state index contributed by atoms with van der Waals surface area (Å²) >= 11 is 0. The maximum absolute atomic E-state index is 14.3. The number of anilines is 1. The first-order valence-corrected chi connectivity index (χ1v) is 7.62. The molecule has 0 amide bonds. The summed E-state index contributed by atoms with van der Waals surface area (Å²) in [5.74, 6) is -0.900. The third-order valence-corrected chi connectivity index (χ3v) is 4.15. The molecule has 2 rings (SSSR count). The van der Waals surface area contributed by atoms with Gasteiger partial charge in [0.05, 0.1) is 0 Å². The van der Waals surface area contributed by atoms with E-state index in [0.29, 0.717) is 18.5 Å². The largest absolute Gasteiger partial charge is 0.364 e. The first-order chi connectivity index (χ1) is 9.67. The van der Waals surface area contributed by atoms with Crippen LogP contribution >= 0.6 is 0 Å². The Morgan fingerprint density at radius 2 is 1.90 bits per heavy atom. The van der Waals surface area contributed by atoms with Gasteiger partial charge in [0.15, 0.2) is 0 Å². The molecule has 0 spiro atoms. The van der Waals surface area contributed by atoms with Gasteiger partial charge >= 0.3 is 0 Å². The number of hydrogen-bond acceptors (Lipinski definition) is 2. The summed E-state index contributed by atoms with van der Waals surface area (Å²) in [6.07, 6.45) is 5.72. The molecule has 1 aromatic carbocycles. The average molecular weight is 282 g/mol. The molecule has 112 valence electrons. The van der Waals surface area contributed by atoms with Crippen LogP contribution in [0.4, 0.5) is 14.5 Å². The lowest BCUT2D eigenvalue weighted by Gasteiger charge is -2.32. The van der Waals surface area contributed by atoms with Gasteiger partial charge in [0.1, 0.15) is 17.3 Å². The highest BCUT2D eigenvalue weighted by atomic mass is 19.1. The Kier molecular flexibility index (Phi) is 5.35. The molecule has 1 aromatic rings. The number of nitrogens with zero attached hydrogens (tertiary/aromatic N) is 1. The fourth-order valence-corrected chi connectivity index (χ4v) is 3.10. The zero-order chi connectivity index (χ0) is 14.5. The Bertz CT molecular complexity index is 425. The van der Waals surface area contributed by atoms with Gasteiger partial charge in [-0.25, -0.2) is 8.78 Å². The Morgan fingerprint density at radius 3 is 2.50 bits per heavy atom. The highest BCUT2D eigenvalue weighted by molar-refractivity contribution is 5.52.